The van der Waals surface area contributed by atoms with Gasteiger partial charge in [0.1, 0.15) is 11.4 Å². The second kappa shape index (κ2) is 17.9. The minimum atomic E-state index is -0.510. The number of piperidine rings is 2. The van der Waals surface area contributed by atoms with E-state index in [-0.39, 0.29) is 35.3 Å². The summed E-state index contributed by atoms with van der Waals surface area (Å²) in [6.07, 6.45) is 7.87. The lowest BCUT2D eigenvalue weighted by molar-refractivity contribution is -0.142. The molecule has 2 aliphatic rings. The first-order valence-electron chi connectivity index (χ1n) is 16.9. The van der Waals surface area contributed by atoms with Gasteiger partial charge in [-0.3, -0.25) is 14.5 Å². The largest absolute Gasteiger partial charge is 0.444 e. The summed E-state index contributed by atoms with van der Waals surface area (Å²) in [7, 11) is 0. The number of carbonyl (C=O) groups excluding carboxylic acids is 3. The summed E-state index contributed by atoms with van der Waals surface area (Å²) in [5, 5.41) is 12.6. The van der Waals surface area contributed by atoms with Crippen molar-refractivity contribution in [3.63, 3.8) is 0 Å². The van der Waals surface area contributed by atoms with Crippen LogP contribution < -0.4 is 5.73 Å². The Kier molecular flexibility index (Phi) is 14.9. The number of alkyl halides is 1. The molecule has 0 saturated carbocycles. The van der Waals surface area contributed by atoms with Crippen molar-refractivity contribution < 1.29 is 19.1 Å². The zero-order valence-electron chi connectivity index (χ0n) is 30.4. The summed E-state index contributed by atoms with van der Waals surface area (Å²) in [5.74, 6) is 0.653. The average Bonchev–Trinajstić information content (AvgIpc) is 3.44. The van der Waals surface area contributed by atoms with E-state index in [1.54, 1.807) is 20.4 Å². The van der Waals surface area contributed by atoms with Gasteiger partial charge in [0.25, 0.3) is 0 Å². The monoisotopic (exact) mass is 796 g/mol. The zero-order chi connectivity index (χ0) is 37.4. The molecule has 50 heavy (non-hydrogen) atoms. The minimum Gasteiger partial charge on any atom is -0.444 e. The zero-order valence-corrected chi connectivity index (χ0v) is 33.5. The first kappa shape index (κ1) is 41.4. The van der Waals surface area contributed by atoms with Crippen LogP contribution in [0.25, 0.3) is 5.65 Å². The van der Waals surface area contributed by atoms with Crippen molar-refractivity contribution in [3.05, 3.63) is 45.5 Å². The quantitative estimate of drug-likeness (QED) is 0.260. The van der Waals surface area contributed by atoms with E-state index in [1.807, 2.05) is 46.9 Å². The normalized spacial score (nSPS) is 18.1. The highest BCUT2D eigenvalue weighted by Gasteiger charge is 2.34. The summed E-state index contributed by atoms with van der Waals surface area (Å²) in [6.45, 7) is 16.9. The van der Waals surface area contributed by atoms with Gasteiger partial charge in [-0.1, -0.05) is 59.9 Å². The SMILES string of the molecule is CC(C)(C)CC(=O)N1CCCC[C@H]1C(=O)CBr.Cc1cc(N)nnc1Cl.Cc1cc2nc([C@@H]3CCCCN3C(=O)OC(C)(C)C)cn2nc1Cl. The fourth-order valence-corrected chi connectivity index (χ4v) is 6.25. The number of imidazole rings is 1. The number of ketones is 1. The number of ether oxygens (including phenoxy) is 1. The van der Waals surface area contributed by atoms with Crippen molar-refractivity contribution in [3.8, 4) is 0 Å². The molecule has 0 radical (unpaired) electrons. The lowest BCUT2D eigenvalue weighted by Crippen LogP contribution is -2.49. The minimum absolute atomic E-state index is 0.0173. The molecule has 0 bridgehead atoms. The highest BCUT2D eigenvalue weighted by atomic mass is 79.9. The fraction of sp³-hybridized carbons (Fsp3) is 0.629. The molecular formula is C35H51BrCl2N8O4. The Labute approximate surface area is 313 Å². The molecule has 0 aliphatic carbocycles. The van der Waals surface area contributed by atoms with Crippen molar-refractivity contribution in [2.75, 3.05) is 24.2 Å². The number of nitrogens with two attached hydrogens (primary N) is 1. The number of aryl methyl sites for hydroxylation is 2. The van der Waals surface area contributed by atoms with Gasteiger partial charge in [0.15, 0.2) is 21.7 Å². The van der Waals surface area contributed by atoms with Crippen LogP contribution in [0.15, 0.2) is 18.3 Å². The molecule has 0 unspecified atom stereocenters. The van der Waals surface area contributed by atoms with Crippen LogP contribution in [0, 0.1) is 19.3 Å². The summed E-state index contributed by atoms with van der Waals surface area (Å²) in [6, 6.07) is 3.29. The van der Waals surface area contributed by atoms with Gasteiger partial charge in [-0.2, -0.15) is 5.10 Å². The Hall–Kier alpha value is -3.03. The van der Waals surface area contributed by atoms with Gasteiger partial charge in [-0.05, 0) is 102 Å². The van der Waals surface area contributed by atoms with E-state index in [2.05, 4.69) is 57.0 Å². The predicted octanol–water partition coefficient (Wildman–Crippen LogP) is 7.94. The Morgan fingerprint density at radius 2 is 1.54 bits per heavy atom. The van der Waals surface area contributed by atoms with Crippen molar-refractivity contribution in [1.29, 1.82) is 0 Å². The molecule has 5 heterocycles. The molecule has 276 valence electrons. The maximum Gasteiger partial charge on any atom is 0.410 e. The van der Waals surface area contributed by atoms with Crippen LogP contribution in [0.1, 0.15) is 109 Å². The number of anilines is 1. The van der Waals surface area contributed by atoms with Gasteiger partial charge in [0, 0.05) is 19.5 Å². The van der Waals surface area contributed by atoms with Crippen LogP contribution in [-0.2, 0) is 14.3 Å². The molecule has 2 atom stereocenters. The van der Waals surface area contributed by atoms with Crippen LogP contribution in [0.5, 0.6) is 0 Å². The average molecular weight is 799 g/mol. The van der Waals surface area contributed by atoms with Gasteiger partial charge in [0.2, 0.25) is 5.91 Å². The van der Waals surface area contributed by atoms with Crippen LogP contribution in [0.3, 0.4) is 0 Å². The molecule has 2 saturated heterocycles. The predicted molar refractivity (Wildman–Crippen MR) is 201 cm³/mol. The summed E-state index contributed by atoms with van der Waals surface area (Å²) in [4.78, 5) is 44.8. The summed E-state index contributed by atoms with van der Waals surface area (Å²) >= 11 is 14.8. The summed E-state index contributed by atoms with van der Waals surface area (Å²) in [5.41, 5.74) is 8.07. The smallest absolute Gasteiger partial charge is 0.410 e. The van der Waals surface area contributed by atoms with Crippen LogP contribution in [0.2, 0.25) is 10.3 Å². The number of hydrogen-bond donors (Lipinski definition) is 1. The lowest BCUT2D eigenvalue weighted by Gasteiger charge is -2.36. The third kappa shape index (κ3) is 12.3. The highest BCUT2D eigenvalue weighted by Crippen LogP contribution is 2.32. The van der Waals surface area contributed by atoms with E-state index in [0.29, 0.717) is 34.4 Å². The van der Waals surface area contributed by atoms with Crippen LogP contribution in [-0.4, -0.2) is 82.4 Å². The maximum absolute atomic E-state index is 12.6. The first-order valence-corrected chi connectivity index (χ1v) is 18.8. The van der Waals surface area contributed by atoms with Crippen molar-refractivity contribution in [2.45, 2.75) is 118 Å². The van der Waals surface area contributed by atoms with Gasteiger partial charge < -0.3 is 15.4 Å². The molecule has 5 rings (SSSR count). The molecule has 3 aromatic rings. The van der Waals surface area contributed by atoms with E-state index in [4.69, 9.17) is 33.7 Å². The lowest BCUT2D eigenvalue weighted by atomic mass is 9.90. The molecule has 0 spiro atoms. The Bertz CT molecular complexity index is 1600. The number of nitrogen functional groups attached to an aromatic ring is 1. The van der Waals surface area contributed by atoms with Gasteiger partial charge in [0.05, 0.1) is 29.3 Å². The standard InChI is InChI=1S/C17H23ClN4O2.C13H22BrNO2.C5H6ClN3/c1-11-9-14-19-12(10-22(14)20-15(11)18)13-7-5-6-8-21(13)16(23)24-17(2,3)4;1-13(2,3)8-12(17)15-7-5-4-6-10(15)11(16)9-14;1-3-2-4(7)8-9-5(3)6/h9-10,13H,5-8H2,1-4H3;10H,4-9H2,1-3H3;2H,1H3,(H2,7,8)/t13-;10-;/m00./s1. The number of likely N-dealkylation sites (tertiary alicyclic amines) is 2. The molecule has 3 aromatic heterocycles. The Morgan fingerprint density at radius 1 is 0.920 bits per heavy atom. The topological polar surface area (TPSA) is 149 Å². The number of hydrogen-bond acceptors (Lipinski definition) is 9. The molecular weight excluding hydrogens is 747 g/mol. The highest BCUT2D eigenvalue weighted by molar-refractivity contribution is 9.09. The second-order valence-corrected chi connectivity index (χ2v) is 16.2. The van der Waals surface area contributed by atoms with Gasteiger partial charge >= 0.3 is 6.09 Å². The van der Waals surface area contributed by atoms with Crippen LogP contribution in [0.4, 0.5) is 10.6 Å². The second-order valence-electron chi connectivity index (χ2n) is 15.0. The van der Waals surface area contributed by atoms with Gasteiger partial charge in [-0.25, -0.2) is 14.3 Å². The number of rotatable bonds is 4. The van der Waals surface area contributed by atoms with Crippen molar-refractivity contribution in [2.24, 2.45) is 5.41 Å². The number of Topliss-reactive ketones (excluding diaryl/α,β-unsaturated/α-hetero) is 1. The number of halogens is 3. The first-order chi connectivity index (χ1) is 23.3. The molecule has 0 aromatic carbocycles. The van der Waals surface area contributed by atoms with Gasteiger partial charge in [-0.15, -0.1) is 10.2 Å². The van der Waals surface area contributed by atoms with Crippen LogP contribution >= 0.6 is 39.1 Å². The number of fused-ring (bicyclic) bond motifs is 1. The van der Waals surface area contributed by atoms with E-state index in [9.17, 15) is 14.4 Å². The molecule has 2 aliphatic heterocycles. The number of aromatic nitrogens is 5. The third-order valence-corrected chi connectivity index (χ3v) is 9.32. The van der Waals surface area contributed by atoms with E-state index in [1.165, 1.54) is 0 Å². The fourth-order valence-electron chi connectivity index (χ4n) is 5.65. The van der Waals surface area contributed by atoms with Crippen molar-refractivity contribution in [1.82, 2.24) is 34.6 Å². The molecule has 2 N–H and O–H groups in total. The number of nitrogens with zero attached hydrogens (tertiary/aromatic N) is 7. The van der Waals surface area contributed by atoms with Crippen molar-refractivity contribution >= 4 is 68.4 Å². The van der Waals surface area contributed by atoms with E-state index < -0.39 is 5.60 Å². The number of amides is 2. The molecule has 2 fully saturated rings. The Balaban J connectivity index is 0.000000226. The summed E-state index contributed by atoms with van der Waals surface area (Å²) < 4.78 is 7.23. The molecule has 2 amide bonds. The molecule has 12 nitrogen and oxygen atoms in total. The Morgan fingerprint density at radius 3 is 2.12 bits per heavy atom. The third-order valence-electron chi connectivity index (χ3n) is 8.02. The molecule has 15 heteroatoms. The maximum atomic E-state index is 12.6. The number of carbonyl (C=O) groups is 3. The van der Waals surface area contributed by atoms with E-state index >= 15 is 0 Å². The van der Waals surface area contributed by atoms with E-state index in [0.717, 1.165) is 67.5 Å².